The van der Waals surface area contributed by atoms with Gasteiger partial charge in [-0.3, -0.25) is 0 Å². The lowest BCUT2D eigenvalue weighted by Crippen LogP contribution is -2.40. The molecule has 1 unspecified atom stereocenters. The smallest absolute Gasteiger partial charge is 0.235 e. The number of carbonyl (C=O) groups excluding carboxylic acids is 1. The van der Waals surface area contributed by atoms with Crippen molar-refractivity contribution in [2.45, 2.75) is 32.7 Å². The SMILES string of the molecule is C=C(CN=C=O)C1CCCN(C(C)C)C1. The van der Waals surface area contributed by atoms with Gasteiger partial charge < -0.3 is 4.90 Å². The molecule has 0 aromatic heterocycles. The minimum absolute atomic E-state index is 0.445. The highest BCUT2D eigenvalue weighted by Gasteiger charge is 2.23. The van der Waals surface area contributed by atoms with Crippen molar-refractivity contribution in [3.05, 3.63) is 12.2 Å². The van der Waals surface area contributed by atoms with Crippen LogP contribution in [0.25, 0.3) is 0 Å². The lowest BCUT2D eigenvalue weighted by molar-refractivity contribution is 0.153. The molecule has 0 spiro atoms. The highest BCUT2D eigenvalue weighted by molar-refractivity contribution is 5.33. The van der Waals surface area contributed by atoms with Crippen LogP contribution in [0.2, 0.25) is 0 Å². The van der Waals surface area contributed by atoms with Gasteiger partial charge >= 0.3 is 0 Å². The van der Waals surface area contributed by atoms with Gasteiger partial charge in [0.05, 0.1) is 6.54 Å². The number of piperidine rings is 1. The molecule has 0 bridgehead atoms. The van der Waals surface area contributed by atoms with Gasteiger partial charge in [0.1, 0.15) is 0 Å². The average Bonchev–Trinajstić information content (AvgIpc) is 2.26. The van der Waals surface area contributed by atoms with E-state index in [1.807, 2.05) is 0 Å². The van der Waals surface area contributed by atoms with Gasteiger partial charge in [-0.1, -0.05) is 12.2 Å². The molecule has 15 heavy (non-hydrogen) atoms. The fourth-order valence-electron chi connectivity index (χ4n) is 2.07. The second kappa shape index (κ2) is 5.84. The van der Waals surface area contributed by atoms with Crippen molar-refractivity contribution >= 4 is 6.08 Å². The van der Waals surface area contributed by atoms with E-state index >= 15 is 0 Å². The van der Waals surface area contributed by atoms with Crippen LogP contribution in [0.15, 0.2) is 17.1 Å². The van der Waals surface area contributed by atoms with Gasteiger partial charge in [-0.05, 0) is 39.2 Å². The first kappa shape index (κ1) is 12.2. The van der Waals surface area contributed by atoms with E-state index in [4.69, 9.17) is 0 Å². The van der Waals surface area contributed by atoms with E-state index in [0.29, 0.717) is 18.5 Å². The summed E-state index contributed by atoms with van der Waals surface area (Å²) in [5, 5.41) is 0. The summed E-state index contributed by atoms with van der Waals surface area (Å²) in [6.45, 7) is 11.1. The zero-order chi connectivity index (χ0) is 11.3. The molecule has 0 N–H and O–H groups in total. The summed E-state index contributed by atoms with van der Waals surface area (Å²) in [4.78, 5) is 16.1. The summed E-state index contributed by atoms with van der Waals surface area (Å²) in [6.07, 6.45) is 3.96. The maximum Gasteiger partial charge on any atom is 0.235 e. The second-order valence-corrected chi connectivity index (χ2v) is 4.49. The Morgan fingerprint density at radius 3 is 3.00 bits per heavy atom. The van der Waals surface area contributed by atoms with Crippen LogP contribution in [0.1, 0.15) is 26.7 Å². The molecule has 84 valence electrons. The standard InChI is InChI=1S/C12H20N2O/c1-10(2)14-6-4-5-12(8-14)11(3)7-13-9-15/h10,12H,3-8H2,1-2H3. The topological polar surface area (TPSA) is 32.7 Å². The van der Waals surface area contributed by atoms with Crippen LogP contribution in [0.5, 0.6) is 0 Å². The Labute approximate surface area is 91.9 Å². The first-order valence-corrected chi connectivity index (χ1v) is 5.60. The first-order chi connectivity index (χ1) is 7.15. The van der Waals surface area contributed by atoms with Gasteiger partial charge in [0, 0.05) is 12.6 Å². The quantitative estimate of drug-likeness (QED) is 0.402. The highest BCUT2D eigenvalue weighted by atomic mass is 16.1. The number of nitrogens with zero attached hydrogens (tertiary/aromatic N) is 2. The monoisotopic (exact) mass is 208 g/mol. The second-order valence-electron chi connectivity index (χ2n) is 4.49. The Hall–Kier alpha value is -0.920. The lowest BCUT2D eigenvalue weighted by Gasteiger charge is -2.36. The minimum atomic E-state index is 0.445. The first-order valence-electron chi connectivity index (χ1n) is 5.60. The van der Waals surface area contributed by atoms with Crippen LogP contribution in [-0.2, 0) is 4.79 Å². The molecule has 0 radical (unpaired) electrons. The number of hydrogen-bond acceptors (Lipinski definition) is 3. The maximum atomic E-state index is 10.0. The number of rotatable bonds is 4. The van der Waals surface area contributed by atoms with Gasteiger partial charge in [-0.25, -0.2) is 9.79 Å². The molecule has 1 heterocycles. The van der Waals surface area contributed by atoms with E-state index < -0.39 is 0 Å². The molecule has 1 rings (SSSR count). The van der Waals surface area contributed by atoms with E-state index in [0.717, 1.165) is 12.1 Å². The van der Waals surface area contributed by atoms with Gasteiger partial charge in [0.15, 0.2) is 0 Å². The van der Waals surface area contributed by atoms with E-state index in [1.165, 1.54) is 19.4 Å². The van der Waals surface area contributed by atoms with Crippen molar-refractivity contribution in [2.24, 2.45) is 10.9 Å². The molecule has 1 aliphatic rings. The van der Waals surface area contributed by atoms with Crippen molar-refractivity contribution < 1.29 is 4.79 Å². The van der Waals surface area contributed by atoms with Crippen molar-refractivity contribution in [3.63, 3.8) is 0 Å². The fourth-order valence-corrected chi connectivity index (χ4v) is 2.07. The molecule has 0 aromatic carbocycles. The summed E-state index contributed by atoms with van der Waals surface area (Å²) in [5.41, 5.74) is 1.07. The van der Waals surface area contributed by atoms with Gasteiger partial charge in [0.25, 0.3) is 0 Å². The Kier molecular flexibility index (Phi) is 4.73. The normalized spacial score (nSPS) is 22.5. The molecule has 1 saturated heterocycles. The molecular weight excluding hydrogens is 188 g/mol. The third-order valence-corrected chi connectivity index (χ3v) is 3.11. The van der Waals surface area contributed by atoms with Crippen LogP contribution in [0.4, 0.5) is 0 Å². The number of likely N-dealkylation sites (tertiary alicyclic amines) is 1. The number of isocyanates is 1. The predicted molar refractivity (Wildman–Crippen MR) is 61.6 cm³/mol. The largest absolute Gasteiger partial charge is 0.300 e. The molecular formula is C12H20N2O. The van der Waals surface area contributed by atoms with Crippen LogP contribution in [-0.4, -0.2) is 36.7 Å². The third-order valence-electron chi connectivity index (χ3n) is 3.11. The molecule has 3 heteroatoms. The van der Waals surface area contributed by atoms with Crippen LogP contribution >= 0.6 is 0 Å². The molecule has 0 aromatic rings. The average molecular weight is 208 g/mol. The molecule has 0 saturated carbocycles. The van der Waals surface area contributed by atoms with Gasteiger partial charge in [-0.2, -0.15) is 0 Å². The lowest BCUT2D eigenvalue weighted by atomic mass is 9.90. The van der Waals surface area contributed by atoms with E-state index in [2.05, 4.69) is 30.3 Å². The summed E-state index contributed by atoms with van der Waals surface area (Å²) in [6, 6.07) is 0.593. The van der Waals surface area contributed by atoms with E-state index in [9.17, 15) is 4.79 Å². The Balaban J connectivity index is 2.48. The van der Waals surface area contributed by atoms with Crippen molar-refractivity contribution in [1.82, 2.24) is 4.90 Å². The van der Waals surface area contributed by atoms with E-state index in [1.54, 1.807) is 6.08 Å². The van der Waals surface area contributed by atoms with Gasteiger partial charge in [-0.15, -0.1) is 0 Å². The van der Waals surface area contributed by atoms with Crippen molar-refractivity contribution in [3.8, 4) is 0 Å². The molecule has 0 amide bonds. The number of hydrogen-bond donors (Lipinski definition) is 0. The van der Waals surface area contributed by atoms with E-state index in [-0.39, 0.29) is 0 Å². The Morgan fingerprint density at radius 1 is 1.67 bits per heavy atom. The molecule has 0 aliphatic carbocycles. The minimum Gasteiger partial charge on any atom is -0.300 e. The fraction of sp³-hybridized carbons (Fsp3) is 0.750. The zero-order valence-electron chi connectivity index (χ0n) is 9.70. The van der Waals surface area contributed by atoms with Gasteiger partial charge in [0.2, 0.25) is 6.08 Å². The Morgan fingerprint density at radius 2 is 2.40 bits per heavy atom. The van der Waals surface area contributed by atoms with Crippen molar-refractivity contribution in [1.29, 1.82) is 0 Å². The molecule has 3 nitrogen and oxygen atoms in total. The molecule has 1 aliphatic heterocycles. The van der Waals surface area contributed by atoms with Crippen molar-refractivity contribution in [2.75, 3.05) is 19.6 Å². The Bertz CT molecular complexity index is 267. The predicted octanol–water partition coefficient (Wildman–Crippen LogP) is 2.00. The summed E-state index contributed by atoms with van der Waals surface area (Å²) >= 11 is 0. The summed E-state index contributed by atoms with van der Waals surface area (Å²) in [7, 11) is 0. The summed E-state index contributed by atoms with van der Waals surface area (Å²) in [5.74, 6) is 0.498. The maximum absolute atomic E-state index is 10.0. The molecule has 1 atom stereocenters. The van der Waals surface area contributed by atoms with Crippen LogP contribution in [0, 0.1) is 5.92 Å². The van der Waals surface area contributed by atoms with Crippen LogP contribution in [0.3, 0.4) is 0 Å². The highest BCUT2D eigenvalue weighted by Crippen LogP contribution is 2.23. The van der Waals surface area contributed by atoms with Crippen LogP contribution < -0.4 is 0 Å². The molecule has 1 fully saturated rings. The summed E-state index contributed by atoms with van der Waals surface area (Å²) < 4.78 is 0. The number of aliphatic imine (C=N–C) groups is 1. The third kappa shape index (κ3) is 3.61. The zero-order valence-corrected chi connectivity index (χ0v) is 9.70.